The Balaban J connectivity index is 1.97. The minimum atomic E-state index is 0.394. The zero-order valence-electron chi connectivity index (χ0n) is 11.8. The number of hydrogen-bond donors (Lipinski definition) is 1. The topological polar surface area (TPSA) is 37.8 Å². The third-order valence-corrected chi connectivity index (χ3v) is 4.23. The van der Waals surface area contributed by atoms with Gasteiger partial charge in [-0.15, -0.1) is 11.3 Å². The first-order valence-corrected chi connectivity index (χ1v) is 7.61. The number of hydrogen-bond acceptors (Lipinski definition) is 4. The molecule has 0 aliphatic heterocycles. The molecular weight excluding hydrogens is 254 g/mol. The van der Waals surface area contributed by atoms with Gasteiger partial charge >= 0.3 is 0 Å². The molecule has 1 N–H and O–H groups in total. The van der Waals surface area contributed by atoms with Gasteiger partial charge in [-0.2, -0.15) is 0 Å². The Hall–Kier alpha value is -1.26. The molecule has 1 unspecified atom stereocenters. The van der Waals surface area contributed by atoms with Crippen LogP contribution in [0.5, 0.6) is 0 Å². The fraction of sp³-hybridized carbons (Fsp3) is 0.467. The van der Waals surface area contributed by atoms with E-state index in [9.17, 15) is 0 Å². The number of pyridine rings is 1. The number of aryl methyl sites for hydroxylation is 2. The van der Waals surface area contributed by atoms with Crippen molar-refractivity contribution in [3.63, 3.8) is 0 Å². The average molecular weight is 275 g/mol. The van der Waals surface area contributed by atoms with Gasteiger partial charge in [0.2, 0.25) is 0 Å². The highest BCUT2D eigenvalue weighted by Crippen LogP contribution is 2.13. The Labute approximate surface area is 119 Å². The summed E-state index contributed by atoms with van der Waals surface area (Å²) in [5.74, 6) is 0. The molecule has 0 saturated heterocycles. The lowest BCUT2D eigenvalue weighted by Gasteiger charge is -2.14. The Morgan fingerprint density at radius 1 is 1.32 bits per heavy atom. The predicted octanol–water partition coefficient (Wildman–Crippen LogP) is 2.78. The molecule has 2 heterocycles. The van der Waals surface area contributed by atoms with Gasteiger partial charge in [0.15, 0.2) is 0 Å². The molecule has 102 valence electrons. The molecule has 0 bridgehead atoms. The maximum Gasteiger partial charge on any atom is 0.0943 e. The largest absolute Gasteiger partial charge is 0.316 e. The van der Waals surface area contributed by atoms with Crippen LogP contribution >= 0.6 is 11.3 Å². The fourth-order valence-corrected chi connectivity index (χ4v) is 2.87. The van der Waals surface area contributed by atoms with Crippen LogP contribution < -0.4 is 5.32 Å². The van der Waals surface area contributed by atoms with Crippen LogP contribution in [0.1, 0.15) is 28.9 Å². The molecule has 1 atom stereocenters. The van der Waals surface area contributed by atoms with E-state index in [1.165, 1.54) is 10.6 Å². The van der Waals surface area contributed by atoms with Crippen molar-refractivity contribution < 1.29 is 0 Å². The van der Waals surface area contributed by atoms with E-state index in [4.69, 9.17) is 0 Å². The third kappa shape index (κ3) is 4.11. The van der Waals surface area contributed by atoms with Crippen LogP contribution in [0.25, 0.3) is 0 Å². The molecule has 0 amide bonds. The van der Waals surface area contributed by atoms with Crippen LogP contribution in [-0.4, -0.2) is 23.1 Å². The Bertz CT molecular complexity index is 504. The molecule has 3 nitrogen and oxygen atoms in total. The van der Waals surface area contributed by atoms with Crippen molar-refractivity contribution in [2.24, 2.45) is 0 Å². The van der Waals surface area contributed by atoms with Gasteiger partial charge in [-0.1, -0.05) is 13.0 Å². The fourth-order valence-electron chi connectivity index (χ4n) is 2.02. The first-order valence-electron chi connectivity index (χ1n) is 6.73. The van der Waals surface area contributed by atoms with Crippen molar-refractivity contribution in [2.45, 2.75) is 39.2 Å². The van der Waals surface area contributed by atoms with Gasteiger partial charge in [0.1, 0.15) is 0 Å². The van der Waals surface area contributed by atoms with Crippen LogP contribution in [0.15, 0.2) is 23.7 Å². The summed E-state index contributed by atoms with van der Waals surface area (Å²) in [4.78, 5) is 9.05. The first kappa shape index (κ1) is 14.2. The maximum atomic E-state index is 4.53. The van der Waals surface area contributed by atoms with Gasteiger partial charge < -0.3 is 5.32 Å². The number of aromatic nitrogens is 2. The van der Waals surface area contributed by atoms with E-state index in [0.29, 0.717) is 6.04 Å². The number of nitrogens with one attached hydrogen (secondary N) is 1. The predicted molar refractivity (Wildman–Crippen MR) is 80.7 cm³/mol. The highest BCUT2D eigenvalue weighted by molar-refractivity contribution is 7.09. The van der Waals surface area contributed by atoms with E-state index < -0.39 is 0 Å². The summed E-state index contributed by atoms with van der Waals surface area (Å²) >= 11 is 1.74. The van der Waals surface area contributed by atoms with Crippen molar-refractivity contribution in [3.05, 3.63) is 45.7 Å². The molecule has 4 heteroatoms. The van der Waals surface area contributed by atoms with Gasteiger partial charge in [-0.25, -0.2) is 4.98 Å². The van der Waals surface area contributed by atoms with E-state index in [-0.39, 0.29) is 0 Å². The SMILES string of the molecule is CCc1ccc(CC(Cc2nc(C)cs2)NC)nc1. The number of nitrogens with zero attached hydrogens (tertiary/aromatic N) is 2. The summed E-state index contributed by atoms with van der Waals surface area (Å²) in [5, 5.41) is 6.67. The van der Waals surface area contributed by atoms with E-state index in [1.807, 2.05) is 20.2 Å². The first-order chi connectivity index (χ1) is 9.21. The van der Waals surface area contributed by atoms with Crippen molar-refractivity contribution >= 4 is 11.3 Å². The Morgan fingerprint density at radius 2 is 2.16 bits per heavy atom. The molecule has 19 heavy (non-hydrogen) atoms. The van der Waals surface area contributed by atoms with Gasteiger partial charge in [-0.3, -0.25) is 4.98 Å². The quantitative estimate of drug-likeness (QED) is 0.881. The summed E-state index contributed by atoms with van der Waals surface area (Å²) < 4.78 is 0. The normalized spacial score (nSPS) is 12.6. The highest BCUT2D eigenvalue weighted by Gasteiger charge is 2.11. The summed E-state index contributed by atoms with van der Waals surface area (Å²) in [7, 11) is 2.01. The monoisotopic (exact) mass is 275 g/mol. The van der Waals surface area contributed by atoms with E-state index in [2.05, 4.69) is 39.7 Å². The average Bonchev–Trinajstić information content (AvgIpc) is 2.84. The van der Waals surface area contributed by atoms with E-state index in [1.54, 1.807) is 11.3 Å². The second kappa shape index (κ2) is 6.78. The van der Waals surface area contributed by atoms with Crippen molar-refractivity contribution in [1.82, 2.24) is 15.3 Å². The standard InChI is InChI=1S/C15H21N3S/c1-4-12-5-6-13(17-9-12)7-14(16-3)8-15-18-11(2)10-19-15/h5-6,9-10,14,16H,4,7-8H2,1-3H3. The van der Waals surface area contributed by atoms with E-state index >= 15 is 0 Å². The Kier molecular flexibility index (Phi) is 5.05. The van der Waals surface area contributed by atoms with Gasteiger partial charge in [0, 0.05) is 41.8 Å². The van der Waals surface area contributed by atoms with Crippen molar-refractivity contribution in [2.75, 3.05) is 7.05 Å². The molecule has 0 radical (unpaired) electrons. The molecule has 0 saturated carbocycles. The van der Waals surface area contributed by atoms with Crippen molar-refractivity contribution in [1.29, 1.82) is 0 Å². The second-order valence-electron chi connectivity index (χ2n) is 4.79. The van der Waals surface area contributed by atoms with Crippen LogP contribution in [0.2, 0.25) is 0 Å². The van der Waals surface area contributed by atoms with Gasteiger partial charge in [0.05, 0.1) is 5.01 Å². The van der Waals surface area contributed by atoms with E-state index in [0.717, 1.165) is 30.7 Å². The smallest absolute Gasteiger partial charge is 0.0943 e. The maximum absolute atomic E-state index is 4.53. The number of likely N-dealkylation sites (N-methyl/N-ethyl adjacent to an activating group) is 1. The van der Waals surface area contributed by atoms with Gasteiger partial charge in [0.25, 0.3) is 0 Å². The minimum Gasteiger partial charge on any atom is -0.316 e. The molecule has 0 fully saturated rings. The lowest BCUT2D eigenvalue weighted by molar-refractivity contribution is 0.548. The van der Waals surface area contributed by atoms with Gasteiger partial charge in [-0.05, 0) is 32.0 Å². The molecular formula is C15H21N3S. The van der Waals surface area contributed by atoms with Crippen LogP contribution in [0.3, 0.4) is 0 Å². The molecule has 0 aliphatic rings. The Morgan fingerprint density at radius 3 is 2.68 bits per heavy atom. The molecule has 2 rings (SSSR count). The molecule has 2 aromatic heterocycles. The summed E-state index contributed by atoms with van der Waals surface area (Å²) in [6.45, 7) is 4.19. The molecule has 0 spiro atoms. The van der Waals surface area contributed by atoms with Crippen LogP contribution in [0, 0.1) is 6.92 Å². The summed E-state index contributed by atoms with van der Waals surface area (Å²) in [6.07, 6.45) is 4.93. The molecule has 0 aliphatic carbocycles. The summed E-state index contributed by atoms with van der Waals surface area (Å²) in [5.41, 5.74) is 3.55. The minimum absolute atomic E-state index is 0.394. The number of rotatable bonds is 6. The van der Waals surface area contributed by atoms with Crippen LogP contribution in [0.4, 0.5) is 0 Å². The summed E-state index contributed by atoms with van der Waals surface area (Å²) in [6, 6.07) is 4.70. The zero-order chi connectivity index (χ0) is 13.7. The van der Waals surface area contributed by atoms with Crippen LogP contribution in [-0.2, 0) is 19.3 Å². The zero-order valence-corrected chi connectivity index (χ0v) is 12.6. The highest BCUT2D eigenvalue weighted by atomic mass is 32.1. The van der Waals surface area contributed by atoms with Crippen molar-refractivity contribution in [3.8, 4) is 0 Å². The third-order valence-electron chi connectivity index (χ3n) is 3.25. The second-order valence-corrected chi connectivity index (χ2v) is 5.73. The molecule has 2 aromatic rings. The lowest BCUT2D eigenvalue weighted by atomic mass is 10.1. The lowest BCUT2D eigenvalue weighted by Crippen LogP contribution is -2.30. The molecule has 0 aromatic carbocycles. The number of thiazole rings is 1.